The third-order valence-corrected chi connectivity index (χ3v) is 3.24. The lowest BCUT2D eigenvalue weighted by molar-refractivity contribution is 0.394. The van der Waals surface area contributed by atoms with Gasteiger partial charge in [-0.15, -0.1) is 0 Å². The molecule has 0 saturated heterocycles. The minimum absolute atomic E-state index is 0.787. The first-order valence-corrected chi connectivity index (χ1v) is 6.67. The van der Waals surface area contributed by atoms with Gasteiger partial charge in [0, 0.05) is 10.5 Å². The van der Waals surface area contributed by atoms with Crippen LogP contribution in [0.5, 0.6) is 11.5 Å². The molecule has 2 nitrogen and oxygen atoms in total. The summed E-state index contributed by atoms with van der Waals surface area (Å²) >= 11 is 3.42. The summed E-state index contributed by atoms with van der Waals surface area (Å²) in [5.74, 6) is 1.57. The standard InChI is InChI=1S/C16H15BrO2/c1-18-15-9-13(10-16(11-15)19-2)4-3-12-5-7-14(17)8-6-12/h3-11H,1-2H3/b4-3+. The Labute approximate surface area is 121 Å². The molecule has 0 bridgehead atoms. The Morgan fingerprint density at radius 3 is 1.84 bits per heavy atom. The Morgan fingerprint density at radius 2 is 1.32 bits per heavy atom. The fourth-order valence-corrected chi connectivity index (χ4v) is 1.96. The number of hydrogen-bond donors (Lipinski definition) is 0. The molecule has 0 N–H and O–H groups in total. The maximum absolute atomic E-state index is 5.25. The molecule has 0 aliphatic carbocycles. The fraction of sp³-hybridized carbons (Fsp3) is 0.125. The largest absolute Gasteiger partial charge is 0.497 e. The van der Waals surface area contributed by atoms with E-state index in [0.717, 1.165) is 27.1 Å². The molecular weight excluding hydrogens is 304 g/mol. The summed E-state index contributed by atoms with van der Waals surface area (Å²) in [5.41, 5.74) is 2.18. The minimum Gasteiger partial charge on any atom is -0.497 e. The maximum Gasteiger partial charge on any atom is 0.123 e. The van der Waals surface area contributed by atoms with Gasteiger partial charge in [0.15, 0.2) is 0 Å². The smallest absolute Gasteiger partial charge is 0.123 e. The monoisotopic (exact) mass is 318 g/mol. The first-order valence-electron chi connectivity index (χ1n) is 5.88. The molecule has 0 radical (unpaired) electrons. The van der Waals surface area contributed by atoms with Gasteiger partial charge in [0.05, 0.1) is 14.2 Å². The highest BCUT2D eigenvalue weighted by Gasteiger charge is 1.99. The Kier molecular flexibility index (Phi) is 4.63. The summed E-state index contributed by atoms with van der Waals surface area (Å²) < 4.78 is 11.6. The molecule has 0 fully saturated rings. The second-order valence-electron chi connectivity index (χ2n) is 4.03. The molecule has 2 aromatic rings. The average Bonchev–Trinajstić information content (AvgIpc) is 2.46. The molecule has 19 heavy (non-hydrogen) atoms. The van der Waals surface area contributed by atoms with Crippen LogP contribution >= 0.6 is 15.9 Å². The molecule has 0 aromatic heterocycles. The Balaban J connectivity index is 2.24. The van der Waals surface area contributed by atoms with Gasteiger partial charge in [-0.1, -0.05) is 40.2 Å². The van der Waals surface area contributed by atoms with Gasteiger partial charge in [-0.2, -0.15) is 0 Å². The van der Waals surface area contributed by atoms with Crippen molar-refractivity contribution < 1.29 is 9.47 Å². The van der Waals surface area contributed by atoms with Crippen molar-refractivity contribution in [2.24, 2.45) is 0 Å². The molecule has 98 valence electrons. The molecule has 0 saturated carbocycles. The maximum atomic E-state index is 5.25. The number of halogens is 1. The molecule has 0 aliphatic rings. The van der Waals surface area contributed by atoms with Gasteiger partial charge in [0.2, 0.25) is 0 Å². The van der Waals surface area contributed by atoms with E-state index in [1.54, 1.807) is 14.2 Å². The summed E-state index contributed by atoms with van der Waals surface area (Å²) in [6.45, 7) is 0. The van der Waals surface area contributed by atoms with E-state index in [4.69, 9.17) is 9.47 Å². The Hall–Kier alpha value is -1.74. The van der Waals surface area contributed by atoms with E-state index in [0.29, 0.717) is 0 Å². The normalized spacial score (nSPS) is 10.7. The van der Waals surface area contributed by atoms with Gasteiger partial charge in [0.1, 0.15) is 11.5 Å². The van der Waals surface area contributed by atoms with Gasteiger partial charge in [-0.25, -0.2) is 0 Å². The van der Waals surface area contributed by atoms with Crippen molar-refractivity contribution in [2.45, 2.75) is 0 Å². The summed E-state index contributed by atoms with van der Waals surface area (Å²) in [7, 11) is 3.30. The van der Waals surface area contributed by atoms with Crippen LogP contribution in [0.2, 0.25) is 0 Å². The molecule has 0 amide bonds. The number of methoxy groups -OCH3 is 2. The zero-order valence-electron chi connectivity index (χ0n) is 10.9. The quantitative estimate of drug-likeness (QED) is 0.765. The zero-order chi connectivity index (χ0) is 13.7. The zero-order valence-corrected chi connectivity index (χ0v) is 12.5. The van der Waals surface area contributed by atoms with Crippen molar-refractivity contribution in [1.82, 2.24) is 0 Å². The SMILES string of the molecule is COc1cc(/C=C/c2ccc(Br)cc2)cc(OC)c1. The van der Waals surface area contributed by atoms with Gasteiger partial charge >= 0.3 is 0 Å². The van der Waals surface area contributed by atoms with E-state index in [2.05, 4.69) is 34.1 Å². The molecule has 0 heterocycles. The van der Waals surface area contributed by atoms with Gasteiger partial charge in [-0.05, 0) is 35.4 Å². The third kappa shape index (κ3) is 3.86. The summed E-state index contributed by atoms with van der Waals surface area (Å²) in [5, 5.41) is 0. The van der Waals surface area contributed by atoms with E-state index in [1.165, 1.54) is 0 Å². The lowest BCUT2D eigenvalue weighted by Crippen LogP contribution is -1.88. The number of ether oxygens (including phenoxy) is 2. The molecular formula is C16H15BrO2. The van der Waals surface area contributed by atoms with Gasteiger partial charge in [-0.3, -0.25) is 0 Å². The second-order valence-corrected chi connectivity index (χ2v) is 4.95. The molecule has 2 rings (SSSR count). The van der Waals surface area contributed by atoms with Crippen molar-refractivity contribution in [3.63, 3.8) is 0 Å². The van der Waals surface area contributed by atoms with Crippen LogP contribution in [0, 0.1) is 0 Å². The van der Waals surface area contributed by atoms with Crippen LogP contribution in [0.4, 0.5) is 0 Å². The van der Waals surface area contributed by atoms with E-state index >= 15 is 0 Å². The molecule has 0 unspecified atom stereocenters. The van der Waals surface area contributed by atoms with Crippen LogP contribution in [0.15, 0.2) is 46.9 Å². The van der Waals surface area contributed by atoms with Crippen LogP contribution in [-0.2, 0) is 0 Å². The Morgan fingerprint density at radius 1 is 0.789 bits per heavy atom. The lowest BCUT2D eigenvalue weighted by atomic mass is 10.1. The highest BCUT2D eigenvalue weighted by molar-refractivity contribution is 9.10. The van der Waals surface area contributed by atoms with Crippen molar-refractivity contribution in [3.05, 3.63) is 58.1 Å². The van der Waals surface area contributed by atoms with E-state index < -0.39 is 0 Å². The van der Waals surface area contributed by atoms with Crippen molar-refractivity contribution in [3.8, 4) is 11.5 Å². The van der Waals surface area contributed by atoms with E-state index in [-0.39, 0.29) is 0 Å². The molecule has 0 atom stereocenters. The second kappa shape index (κ2) is 6.43. The van der Waals surface area contributed by atoms with E-state index in [1.807, 2.05) is 36.4 Å². The topological polar surface area (TPSA) is 18.5 Å². The number of hydrogen-bond acceptors (Lipinski definition) is 2. The number of rotatable bonds is 4. The predicted molar refractivity (Wildman–Crippen MR) is 82.6 cm³/mol. The number of benzene rings is 2. The summed E-state index contributed by atoms with van der Waals surface area (Å²) in [6.07, 6.45) is 4.09. The van der Waals surface area contributed by atoms with Gasteiger partial charge in [0.25, 0.3) is 0 Å². The first kappa shape index (κ1) is 13.7. The summed E-state index contributed by atoms with van der Waals surface area (Å²) in [6, 6.07) is 13.9. The minimum atomic E-state index is 0.787. The first-order chi connectivity index (χ1) is 9.21. The predicted octanol–water partition coefficient (Wildman–Crippen LogP) is 4.64. The summed E-state index contributed by atoms with van der Waals surface area (Å²) in [4.78, 5) is 0. The average molecular weight is 319 g/mol. The lowest BCUT2D eigenvalue weighted by Gasteiger charge is -2.05. The van der Waals surface area contributed by atoms with Crippen LogP contribution in [0.1, 0.15) is 11.1 Å². The molecule has 0 spiro atoms. The highest BCUT2D eigenvalue weighted by atomic mass is 79.9. The van der Waals surface area contributed by atoms with Crippen molar-refractivity contribution >= 4 is 28.1 Å². The Bertz CT molecular complexity index is 552. The fourth-order valence-electron chi connectivity index (χ4n) is 1.69. The molecule has 0 aliphatic heterocycles. The van der Waals surface area contributed by atoms with Crippen LogP contribution in [-0.4, -0.2) is 14.2 Å². The van der Waals surface area contributed by atoms with Crippen LogP contribution in [0.25, 0.3) is 12.2 Å². The van der Waals surface area contributed by atoms with Gasteiger partial charge < -0.3 is 9.47 Å². The third-order valence-electron chi connectivity index (χ3n) is 2.71. The highest BCUT2D eigenvalue weighted by Crippen LogP contribution is 2.24. The van der Waals surface area contributed by atoms with Crippen LogP contribution in [0.3, 0.4) is 0 Å². The van der Waals surface area contributed by atoms with Crippen LogP contribution < -0.4 is 9.47 Å². The van der Waals surface area contributed by atoms with E-state index in [9.17, 15) is 0 Å². The van der Waals surface area contributed by atoms with Crippen molar-refractivity contribution in [1.29, 1.82) is 0 Å². The molecule has 2 aromatic carbocycles. The molecule has 3 heteroatoms. The van der Waals surface area contributed by atoms with Crippen molar-refractivity contribution in [2.75, 3.05) is 14.2 Å².